The van der Waals surface area contributed by atoms with Crippen LogP contribution in [-0.4, -0.2) is 32.4 Å². The molecule has 0 radical (unpaired) electrons. The maximum Gasteiger partial charge on any atom is 0.285 e. The van der Waals surface area contributed by atoms with Gasteiger partial charge in [-0.3, -0.25) is 0 Å². The van der Waals surface area contributed by atoms with E-state index in [4.69, 9.17) is 18.9 Å². The zero-order chi connectivity index (χ0) is 25.6. The maximum atomic E-state index is 13.9. The summed E-state index contributed by atoms with van der Waals surface area (Å²) in [5, 5.41) is 0. The largest absolute Gasteiger partial charge is 0.487 e. The fraction of sp³-hybridized carbons (Fsp3) is 0.760. The van der Waals surface area contributed by atoms with Gasteiger partial charge in [0.05, 0.1) is 6.61 Å². The van der Waals surface area contributed by atoms with Crippen molar-refractivity contribution in [1.82, 2.24) is 0 Å². The van der Waals surface area contributed by atoms with Crippen LogP contribution in [0.3, 0.4) is 0 Å². The lowest BCUT2D eigenvalue weighted by molar-refractivity contribution is -0.403. The van der Waals surface area contributed by atoms with Crippen LogP contribution in [0.25, 0.3) is 0 Å². The zero-order valence-electron chi connectivity index (χ0n) is 20.8. The lowest BCUT2D eigenvalue weighted by atomic mass is 9.93. The minimum atomic E-state index is -2.21. The maximum absolute atomic E-state index is 13.9. The van der Waals surface area contributed by atoms with Gasteiger partial charge < -0.3 is 18.9 Å². The third-order valence-electron chi connectivity index (χ3n) is 5.56. The molecular formula is C25H39F5O4. The molecule has 0 fully saturated rings. The quantitative estimate of drug-likeness (QED) is 0.0645. The van der Waals surface area contributed by atoms with Crippen LogP contribution < -0.4 is 4.74 Å². The summed E-state index contributed by atoms with van der Waals surface area (Å²) in [5.41, 5.74) is 0. The molecule has 0 spiro atoms. The van der Waals surface area contributed by atoms with Gasteiger partial charge in [-0.05, 0) is 40.0 Å². The van der Waals surface area contributed by atoms with Gasteiger partial charge in [0.15, 0.2) is 5.75 Å². The molecule has 1 aromatic carbocycles. The second-order valence-electron chi connectivity index (χ2n) is 8.05. The predicted molar refractivity (Wildman–Crippen MR) is 120 cm³/mol. The van der Waals surface area contributed by atoms with Crippen molar-refractivity contribution in [3.8, 4) is 5.75 Å². The van der Waals surface area contributed by atoms with Crippen molar-refractivity contribution in [1.29, 1.82) is 0 Å². The van der Waals surface area contributed by atoms with Crippen LogP contribution >= 0.6 is 0 Å². The van der Waals surface area contributed by atoms with Crippen molar-refractivity contribution in [2.45, 2.75) is 91.5 Å². The lowest BCUT2D eigenvalue weighted by Crippen LogP contribution is -2.47. The van der Waals surface area contributed by atoms with Crippen molar-refractivity contribution < 1.29 is 40.9 Å². The van der Waals surface area contributed by atoms with Crippen molar-refractivity contribution in [3.63, 3.8) is 0 Å². The van der Waals surface area contributed by atoms with Gasteiger partial charge in [-0.25, -0.2) is 13.2 Å². The Morgan fingerprint density at radius 3 is 1.53 bits per heavy atom. The van der Waals surface area contributed by atoms with Gasteiger partial charge in [-0.1, -0.05) is 45.4 Å². The Morgan fingerprint density at radius 1 is 0.588 bits per heavy atom. The normalized spacial score (nSPS) is 12.9. The van der Waals surface area contributed by atoms with Gasteiger partial charge in [0.1, 0.15) is 0 Å². The molecule has 1 rings (SSSR count). The van der Waals surface area contributed by atoms with Gasteiger partial charge in [0.25, 0.3) is 5.97 Å². The summed E-state index contributed by atoms with van der Waals surface area (Å²) in [5.74, 6) is -13.0. The first kappa shape index (κ1) is 30.6. The van der Waals surface area contributed by atoms with Crippen LogP contribution in [-0.2, 0) is 14.2 Å². The molecule has 1 unspecified atom stereocenters. The second-order valence-corrected chi connectivity index (χ2v) is 8.05. The molecular weight excluding hydrogens is 459 g/mol. The number of halogens is 5. The molecule has 0 aliphatic rings. The van der Waals surface area contributed by atoms with E-state index < -0.39 is 40.8 Å². The summed E-state index contributed by atoms with van der Waals surface area (Å²) in [6.07, 6.45) is 8.06. The Balaban J connectivity index is 2.88. The van der Waals surface area contributed by atoms with Gasteiger partial charge in [-0.15, -0.1) is 0 Å². The Labute approximate surface area is 200 Å². The average Bonchev–Trinajstić information content (AvgIpc) is 2.82. The van der Waals surface area contributed by atoms with E-state index >= 15 is 0 Å². The molecule has 0 amide bonds. The molecule has 0 bridgehead atoms. The molecule has 0 N–H and O–H groups in total. The van der Waals surface area contributed by atoms with E-state index in [0.29, 0.717) is 26.2 Å². The Kier molecular flexibility index (Phi) is 14.6. The summed E-state index contributed by atoms with van der Waals surface area (Å²) >= 11 is 0. The number of hydrogen-bond acceptors (Lipinski definition) is 4. The number of ether oxygens (including phenoxy) is 4. The number of benzene rings is 1. The highest BCUT2D eigenvalue weighted by Gasteiger charge is 2.41. The molecule has 0 aliphatic carbocycles. The van der Waals surface area contributed by atoms with Crippen LogP contribution in [0.4, 0.5) is 22.0 Å². The van der Waals surface area contributed by atoms with Gasteiger partial charge in [-0.2, -0.15) is 8.78 Å². The van der Waals surface area contributed by atoms with Gasteiger partial charge >= 0.3 is 0 Å². The average molecular weight is 499 g/mol. The smallest absolute Gasteiger partial charge is 0.285 e. The van der Waals surface area contributed by atoms with E-state index in [9.17, 15) is 22.0 Å². The highest BCUT2D eigenvalue weighted by atomic mass is 19.2. The minimum Gasteiger partial charge on any atom is -0.487 e. The summed E-state index contributed by atoms with van der Waals surface area (Å²) in [4.78, 5) is 0. The SMILES string of the molecule is CCCCCCCCC(CCCOc1c(F)c(F)c(F)c(F)c1F)C(OCC)(OCC)OCC. The van der Waals surface area contributed by atoms with Crippen molar-refractivity contribution in [3.05, 3.63) is 29.1 Å². The minimum absolute atomic E-state index is 0.210. The molecule has 0 heterocycles. The fourth-order valence-electron chi connectivity index (χ4n) is 3.97. The number of rotatable bonds is 19. The molecule has 0 aliphatic heterocycles. The van der Waals surface area contributed by atoms with Crippen molar-refractivity contribution in [2.75, 3.05) is 26.4 Å². The Bertz CT molecular complexity index is 671. The number of unbranched alkanes of at least 4 members (excludes halogenated alkanes) is 5. The third-order valence-corrected chi connectivity index (χ3v) is 5.56. The molecule has 0 saturated carbocycles. The highest BCUT2D eigenvalue weighted by Crippen LogP contribution is 2.35. The molecule has 198 valence electrons. The van der Waals surface area contributed by atoms with Crippen LogP contribution in [0.1, 0.15) is 85.5 Å². The predicted octanol–water partition coefficient (Wildman–Crippen LogP) is 7.67. The van der Waals surface area contributed by atoms with E-state index in [1.54, 1.807) is 0 Å². The van der Waals surface area contributed by atoms with Crippen LogP contribution in [0.5, 0.6) is 5.75 Å². The second kappa shape index (κ2) is 16.3. The topological polar surface area (TPSA) is 36.9 Å². The van der Waals surface area contributed by atoms with E-state index in [0.717, 1.165) is 32.1 Å². The standard InChI is InChI=1S/C25H39F5O4/c1-5-9-10-11-12-13-15-18(25(32-6-2,33-7-3)34-8-4)16-14-17-31-24-22(29)20(27)19(26)21(28)23(24)30/h18H,5-17H2,1-4H3. The molecule has 34 heavy (non-hydrogen) atoms. The van der Waals surface area contributed by atoms with Crippen LogP contribution in [0.2, 0.25) is 0 Å². The van der Waals surface area contributed by atoms with Gasteiger partial charge in [0, 0.05) is 25.7 Å². The summed E-state index contributed by atoms with van der Waals surface area (Å²) < 4.78 is 90.5. The third kappa shape index (κ3) is 8.64. The fourth-order valence-corrected chi connectivity index (χ4v) is 3.97. The first-order valence-electron chi connectivity index (χ1n) is 12.3. The van der Waals surface area contributed by atoms with Crippen molar-refractivity contribution >= 4 is 0 Å². The lowest BCUT2D eigenvalue weighted by Gasteiger charge is -2.39. The molecule has 0 aromatic heterocycles. The van der Waals surface area contributed by atoms with Crippen LogP contribution in [0, 0.1) is 35.0 Å². The molecule has 1 atom stereocenters. The van der Waals surface area contributed by atoms with E-state index in [2.05, 4.69) is 6.92 Å². The first-order chi connectivity index (χ1) is 16.3. The van der Waals surface area contributed by atoms with Crippen molar-refractivity contribution in [2.24, 2.45) is 5.92 Å². The first-order valence-corrected chi connectivity index (χ1v) is 12.3. The highest BCUT2D eigenvalue weighted by molar-refractivity contribution is 5.29. The monoisotopic (exact) mass is 498 g/mol. The number of hydrogen-bond donors (Lipinski definition) is 0. The van der Waals surface area contributed by atoms with Crippen LogP contribution in [0.15, 0.2) is 0 Å². The Morgan fingerprint density at radius 2 is 1.03 bits per heavy atom. The molecule has 9 heteroatoms. The molecule has 4 nitrogen and oxygen atoms in total. The summed E-state index contributed by atoms with van der Waals surface area (Å²) in [7, 11) is 0. The van der Waals surface area contributed by atoms with E-state index in [1.807, 2.05) is 20.8 Å². The summed E-state index contributed by atoms with van der Waals surface area (Å²) in [6.45, 7) is 8.48. The molecule has 0 saturated heterocycles. The summed E-state index contributed by atoms with van der Waals surface area (Å²) in [6, 6.07) is 0. The molecule has 1 aromatic rings. The zero-order valence-corrected chi connectivity index (χ0v) is 20.8. The Hall–Kier alpha value is -1.45. The van der Waals surface area contributed by atoms with E-state index in [-0.39, 0.29) is 18.9 Å². The van der Waals surface area contributed by atoms with Gasteiger partial charge in [0.2, 0.25) is 29.1 Å². The van der Waals surface area contributed by atoms with E-state index in [1.165, 1.54) is 12.8 Å².